The summed E-state index contributed by atoms with van der Waals surface area (Å²) >= 11 is 7.06. The monoisotopic (exact) mass is 347 g/mol. The Morgan fingerprint density at radius 3 is 2.38 bits per heavy atom. The van der Waals surface area contributed by atoms with E-state index in [1.54, 1.807) is 10.4 Å². The second-order valence-electron chi connectivity index (χ2n) is 6.37. The van der Waals surface area contributed by atoms with Gasteiger partial charge in [0.1, 0.15) is 4.21 Å². The molecule has 2 heterocycles. The van der Waals surface area contributed by atoms with E-state index in [4.69, 9.17) is 11.6 Å². The summed E-state index contributed by atoms with van der Waals surface area (Å²) in [6.07, 6.45) is 8.61. The molecule has 0 bridgehead atoms. The van der Waals surface area contributed by atoms with Crippen LogP contribution < -0.4 is 0 Å². The molecule has 2 aliphatic rings. The molecule has 0 amide bonds. The van der Waals surface area contributed by atoms with Crippen molar-refractivity contribution in [3.63, 3.8) is 0 Å². The molecule has 0 N–H and O–H groups in total. The standard InChI is InChI=1S/C15H22ClNO2S2/c16-11-13-10-14(20-12-13)21(18,19)17-8-6-15(7-9-17)4-2-1-3-5-15/h10,12H,1-9,11H2. The van der Waals surface area contributed by atoms with Gasteiger partial charge in [-0.25, -0.2) is 8.42 Å². The third-order valence-electron chi connectivity index (χ3n) is 5.08. The number of thiophene rings is 1. The lowest BCUT2D eigenvalue weighted by Crippen LogP contribution is -2.43. The van der Waals surface area contributed by atoms with Crippen molar-refractivity contribution in [1.82, 2.24) is 4.31 Å². The van der Waals surface area contributed by atoms with Crippen LogP contribution in [-0.4, -0.2) is 25.8 Å². The molecular formula is C15H22ClNO2S2. The number of sulfonamides is 1. The predicted molar refractivity (Wildman–Crippen MR) is 87.4 cm³/mol. The van der Waals surface area contributed by atoms with Crippen LogP contribution in [0.15, 0.2) is 15.7 Å². The summed E-state index contributed by atoms with van der Waals surface area (Å²) in [5.41, 5.74) is 1.32. The first kappa shape index (κ1) is 15.8. The van der Waals surface area contributed by atoms with E-state index >= 15 is 0 Å². The lowest BCUT2D eigenvalue weighted by atomic mass is 9.68. The number of halogens is 1. The van der Waals surface area contributed by atoms with E-state index in [-0.39, 0.29) is 0 Å². The quantitative estimate of drug-likeness (QED) is 0.767. The van der Waals surface area contributed by atoms with Crippen LogP contribution in [0.4, 0.5) is 0 Å². The van der Waals surface area contributed by atoms with Crippen LogP contribution in [0.3, 0.4) is 0 Å². The Bertz CT molecular complexity index is 581. The van der Waals surface area contributed by atoms with Gasteiger partial charge in [-0.15, -0.1) is 22.9 Å². The Balaban J connectivity index is 1.70. The smallest absolute Gasteiger partial charge is 0.206 e. The minimum Gasteiger partial charge on any atom is -0.206 e. The zero-order valence-electron chi connectivity index (χ0n) is 12.2. The van der Waals surface area contributed by atoms with Crippen LogP contribution in [0.5, 0.6) is 0 Å². The maximum atomic E-state index is 12.7. The fourth-order valence-electron chi connectivity index (χ4n) is 3.69. The third-order valence-corrected chi connectivity index (χ3v) is 8.75. The SMILES string of the molecule is O=S(=O)(c1cc(CCl)cs1)N1CCC2(CCCCC2)CC1. The van der Waals surface area contributed by atoms with Gasteiger partial charge in [0.05, 0.1) is 0 Å². The van der Waals surface area contributed by atoms with E-state index in [0.717, 1.165) is 18.4 Å². The Morgan fingerprint density at radius 1 is 1.14 bits per heavy atom. The van der Waals surface area contributed by atoms with E-state index in [2.05, 4.69) is 0 Å². The molecule has 0 radical (unpaired) electrons. The van der Waals surface area contributed by atoms with Crippen molar-refractivity contribution < 1.29 is 8.42 Å². The lowest BCUT2D eigenvalue weighted by Gasteiger charge is -2.43. The van der Waals surface area contributed by atoms with Crippen molar-refractivity contribution in [2.24, 2.45) is 5.41 Å². The van der Waals surface area contributed by atoms with Crippen LogP contribution in [-0.2, 0) is 15.9 Å². The van der Waals surface area contributed by atoms with Gasteiger partial charge in [-0.1, -0.05) is 19.3 Å². The zero-order valence-corrected chi connectivity index (χ0v) is 14.6. The van der Waals surface area contributed by atoms with Crippen molar-refractivity contribution in [3.05, 3.63) is 17.0 Å². The highest BCUT2D eigenvalue weighted by Crippen LogP contribution is 2.45. The van der Waals surface area contributed by atoms with Crippen molar-refractivity contribution in [2.45, 2.75) is 55.0 Å². The number of piperidine rings is 1. The van der Waals surface area contributed by atoms with Crippen molar-refractivity contribution in [3.8, 4) is 0 Å². The van der Waals surface area contributed by atoms with E-state index in [0.29, 0.717) is 28.6 Å². The second-order valence-corrected chi connectivity index (χ2v) is 9.72. The number of rotatable bonds is 3. The zero-order chi connectivity index (χ0) is 14.9. The molecular weight excluding hydrogens is 326 g/mol. The van der Waals surface area contributed by atoms with Crippen LogP contribution in [0.1, 0.15) is 50.5 Å². The van der Waals surface area contributed by atoms with Gasteiger partial charge in [0.15, 0.2) is 0 Å². The van der Waals surface area contributed by atoms with Gasteiger partial charge in [0.25, 0.3) is 10.0 Å². The van der Waals surface area contributed by atoms with Gasteiger partial charge in [-0.05, 0) is 48.1 Å². The minimum absolute atomic E-state index is 0.370. The fourth-order valence-corrected chi connectivity index (χ4v) is 6.74. The number of alkyl halides is 1. The first-order chi connectivity index (χ1) is 10.1. The van der Waals surface area contributed by atoms with Gasteiger partial charge in [-0.3, -0.25) is 0 Å². The Hall–Kier alpha value is -0.100. The predicted octanol–water partition coefficient (Wildman–Crippen LogP) is 4.22. The molecule has 1 aliphatic heterocycles. The van der Waals surface area contributed by atoms with Crippen LogP contribution in [0, 0.1) is 5.41 Å². The summed E-state index contributed by atoms with van der Waals surface area (Å²) in [7, 11) is -3.31. The normalized spacial score (nSPS) is 23.5. The molecule has 118 valence electrons. The van der Waals surface area contributed by atoms with Crippen LogP contribution >= 0.6 is 22.9 Å². The van der Waals surface area contributed by atoms with E-state index in [1.165, 1.54) is 43.4 Å². The van der Waals surface area contributed by atoms with Crippen LogP contribution in [0.2, 0.25) is 0 Å². The summed E-state index contributed by atoms with van der Waals surface area (Å²) in [5.74, 6) is 0.370. The molecule has 1 saturated carbocycles. The highest BCUT2D eigenvalue weighted by Gasteiger charge is 2.39. The average Bonchev–Trinajstić information content (AvgIpc) is 2.98. The summed E-state index contributed by atoms with van der Waals surface area (Å²) in [6, 6.07) is 1.72. The number of nitrogens with zero attached hydrogens (tertiary/aromatic N) is 1. The fraction of sp³-hybridized carbons (Fsp3) is 0.733. The largest absolute Gasteiger partial charge is 0.252 e. The van der Waals surface area contributed by atoms with E-state index < -0.39 is 10.0 Å². The summed E-state index contributed by atoms with van der Waals surface area (Å²) in [5, 5.41) is 1.84. The highest BCUT2D eigenvalue weighted by molar-refractivity contribution is 7.91. The molecule has 1 saturated heterocycles. The average molecular weight is 348 g/mol. The van der Waals surface area contributed by atoms with Gasteiger partial charge in [0, 0.05) is 19.0 Å². The Labute approximate surface area is 136 Å². The molecule has 1 spiro atoms. The van der Waals surface area contributed by atoms with E-state index in [1.807, 2.05) is 5.38 Å². The van der Waals surface area contributed by atoms with Crippen molar-refractivity contribution >= 4 is 33.0 Å². The minimum atomic E-state index is -3.31. The summed E-state index contributed by atoms with van der Waals surface area (Å²) in [4.78, 5) is 0. The maximum absolute atomic E-state index is 12.7. The first-order valence-electron chi connectivity index (χ1n) is 7.69. The molecule has 6 heteroatoms. The number of hydrogen-bond acceptors (Lipinski definition) is 3. The molecule has 2 fully saturated rings. The molecule has 1 aromatic heterocycles. The topological polar surface area (TPSA) is 37.4 Å². The summed E-state index contributed by atoms with van der Waals surface area (Å²) in [6.45, 7) is 1.35. The molecule has 1 aliphatic carbocycles. The lowest BCUT2D eigenvalue weighted by molar-refractivity contribution is 0.102. The van der Waals surface area contributed by atoms with Gasteiger partial charge in [-0.2, -0.15) is 4.31 Å². The molecule has 0 unspecified atom stereocenters. The summed E-state index contributed by atoms with van der Waals surface area (Å²) < 4.78 is 27.5. The Kier molecular flexibility index (Phi) is 4.65. The van der Waals surface area contributed by atoms with Gasteiger partial charge in [0.2, 0.25) is 0 Å². The van der Waals surface area contributed by atoms with E-state index in [9.17, 15) is 8.42 Å². The maximum Gasteiger partial charge on any atom is 0.252 e. The second kappa shape index (κ2) is 6.19. The van der Waals surface area contributed by atoms with Gasteiger partial charge < -0.3 is 0 Å². The molecule has 0 aromatic carbocycles. The van der Waals surface area contributed by atoms with Gasteiger partial charge >= 0.3 is 0 Å². The molecule has 3 nitrogen and oxygen atoms in total. The van der Waals surface area contributed by atoms with Crippen molar-refractivity contribution in [1.29, 1.82) is 0 Å². The molecule has 0 atom stereocenters. The third kappa shape index (κ3) is 3.16. The molecule has 1 aromatic rings. The first-order valence-corrected chi connectivity index (χ1v) is 10.5. The molecule has 21 heavy (non-hydrogen) atoms. The molecule has 3 rings (SSSR count). The number of hydrogen-bond donors (Lipinski definition) is 0. The highest BCUT2D eigenvalue weighted by atomic mass is 35.5. The van der Waals surface area contributed by atoms with Crippen molar-refractivity contribution in [2.75, 3.05) is 13.1 Å². The van der Waals surface area contributed by atoms with Crippen LogP contribution in [0.25, 0.3) is 0 Å². The Morgan fingerprint density at radius 2 is 1.81 bits per heavy atom.